The molecule has 0 atom stereocenters. The van der Waals surface area contributed by atoms with E-state index < -0.39 is 0 Å². The van der Waals surface area contributed by atoms with E-state index in [0.717, 1.165) is 12.2 Å². The summed E-state index contributed by atoms with van der Waals surface area (Å²) < 4.78 is 5.27. The number of hydrogen-bond acceptors (Lipinski definition) is 1. The molecule has 60 valence electrons. The molecule has 0 N–H and O–H groups in total. The number of hydrogen-bond donors (Lipinski definition) is 0. The van der Waals surface area contributed by atoms with Gasteiger partial charge >= 0.3 is 0 Å². The smallest absolute Gasteiger partial charge is 0.107 e. The van der Waals surface area contributed by atoms with Gasteiger partial charge in [-0.15, -0.1) is 0 Å². The first kappa shape index (κ1) is 8.12. The molecule has 0 unspecified atom stereocenters. The van der Waals surface area contributed by atoms with E-state index in [1.807, 2.05) is 6.92 Å². The summed E-state index contributed by atoms with van der Waals surface area (Å²) in [6, 6.07) is 2.07. The highest BCUT2D eigenvalue weighted by Gasteiger charge is 1.94. The third-order valence-electron chi connectivity index (χ3n) is 1.50. The molecule has 1 aromatic heterocycles. The van der Waals surface area contributed by atoms with Gasteiger partial charge in [-0.05, 0) is 32.4 Å². The van der Waals surface area contributed by atoms with Crippen LogP contribution in [-0.2, 0) is 6.42 Å². The first-order chi connectivity index (χ1) is 5.18. The van der Waals surface area contributed by atoms with Crippen molar-refractivity contribution in [3.8, 4) is 0 Å². The molecule has 0 saturated carbocycles. The lowest BCUT2D eigenvalue weighted by molar-refractivity contribution is 0.521. The Bertz CT molecular complexity index is 252. The van der Waals surface area contributed by atoms with E-state index in [9.17, 15) is 0 Å². The fraction of sp³-hybridized carbons (Fsp3) is 0.400. The van der Waals surface area contributed by atoms with Crippen molar-refractivity contribution in [3.63, 3.8) is 0 Å². The summed E-state index contributed by atoms with van der Waals surface area (Å²) in [6.45, 7) is 6.22. The van der Waals surface area contributed by atoms with Gasteiger partial charge in [-0.2, -0.15) is 0 Å². The van der Waals surface area contributed by atoms with E-state index in [4.69, 9.17) is 4.42 Å². The number of allylic oxidation sites excluding steroid dienone is 2. The van der Waals surface area contributed by atoms with Crippen molar-refractivity contribution in [1.82, 2.24) is 0 Å². The second-order valence-electron chi connectivity index (χ2n) is 3.08. The number of aryl methyl sites for hydroxylation is 1. The molecule has 0 fully saturated rings. The van der Waals surface area contributed by atoms with Crippen LogP contribution < -0.4 is 0 Å². The van der Waals surface area contributed by atoms with Gasteiger partial charge in [0.25, 0.3) is 0 Å². The predicted molar refractivity (Wildman–Crippen MR) is 46.6 cm³/mol. The average molecular weight is 150 g/mol. The first-order valence-corrected chi connectivity index (χ1v) is 3.86. The summed E-state index contributed by atoms with van der Waals surface area (Å²) in [5.41, 5.74) is 2.53. The molecule has 0 radical (unpaired) electrons. The molecule has 0 aliphatic rings. The molecular formula is C10H14O. The van der Waals surface area contributed by atoms with E-state index in [1.165, 1.54) is 11.1 Å². The molecule has 0 aliphatic heterocycles. The van der Waals surface area contributed by atoms with Crippen LogP contribution in [0, 0.1) is 6.92 Å². The summed E-state index contributed by atoms with van der Waals surface area (Å²) in [4.78, 5) is 0. The Morgan fingerprint density at radius 1 is 1.55 bits per heavy atom. The quantitative estimate of drug-likeness (QED) is 0.590. The van der Waals surface area contributed by atoms with Crippen molar-refractivity contribution in [2.75, 3.05) is 0 Å². The van der Waals surface area contributed by atoms with Crippen LogP contribution in [0.5, 0.6) is 0 Å². The molecule has 1 rings (SSSR count). The summed E-state index contributed by atoms with van der Waals surface area (Å²) in [6.07, 6.45) is 4.86. The van der Waals surface area contributed by atoms with Gasteiger partial charge in [0.2, 0.25) is 0 Å². The second-order valence-corrected chi connectivity index (χ2v) is 3.08. The molecule has 1 aromatic rings. The van der Waals surface area contributed by atoms with Crippen molar-refractivity contribution in [1.29, 1.82) is 0 Å². The third kappa shape index (κ3) is 2.62. The highest BCUT2D eigenvalue weighted by Crippen LogP contribution is 2.08. The largest absolute Gasteiger partial charge is 0.469 e. The maximum atomic E-state index is 5.27. The summed E-state index contributed by atoms with van der Waals surface area (Å²) >= 11 is 0. The maximum absolute atomic E-state index is 5.27. The normalized spacial score (nSPS) is 9.73. The van der Waals surface area contributed by atoms with Gasteiger partial charge in [-0.1, -0.05) is 11.6 Å². The minimum atomic E-state index is 0.913. The van der Waals surface area contributed by atoms with Crippen LogP contribution in [-0.4, -0.2) is 0 Å². The Balaban J connectivity index is 2.58. The number of furan rings is 1. The van der Waals surface area contributed by atoms with Crippen LogP contribution in [0.1, 0.15) is 25.2 Å². The molecule has 0 saturated heterocycles. The SMILES string of the molecule is CC(C)=CCc1cc(C)co1. The van der Waals surface area contributed by atoms with E-state index in [1.54, 1.807) is 6.26 Å². The monoisotopic (exact) mass is 150 g/mol. The molecule has 0 spiro atoms. The average Bonchev–Trinajstić information content (AvgIpc) is 2.31. The molecule has 0 aromatic carbocycles. The minimum Gasteiger partial charge on any atom is -0.469 e. The lowest BCUT2D eigenvalue weighted by Crippen LogP contribution is -1.75. The number of rotatable bonds is 2. The Morgan fingerprint density at radius 3 is 2.73 bits per heavy atom. The van der Waals surface area contributed by atoms with Crippen molar-refractivity contribution >= 4 is 0 Å². The maximum Gasteiger partial charge on any atom is 0.107 e. The van der Waals surface area contributed by atoms with Gasteiger partial charge in [0, 0.05) is 6.42 Å². The van der Waals surface area contributed by atoms with E-state index in [2.05, 4.69) is 26.0 Å². The van der Waals surface area contributed by atoms with Gasteiger partial charge in [-0.3, -0.25) is 0 Å². The third-order valence-corrected chi connectivity index (χ3v) is 1.50. The fourth-order valence-corrected chi connectivity index (χ4v) is 0.902. The standard InChI is InChI=1S/C10H14O/c1-8(2)4-5-10-6-9(3)7-11-10/h4,6-7H,5H2,1-3H3. The van der Waals surface area contributed by atoms with Crippen LogP contribution >= 0.6 is 0 Å². The lowest BCUT2D eigenvalue weighted by Gasteiger charge is -1.88. The van der Waals surface area contributed by atoms with Crippen LogP contribution in [0.15, 0.2) is 28.4 Å². The zero-order valence-corrected chi connectivity index (χ0v) is 7.35. The van der Waals surface area contributed by atoms with Crippen LogP contribution in [0.25, 0.3) is 0 Å². The molecule has 0 amide bonds. The Morgan fingerprint density at radius 2 is 2.27 bits per heavy atom. The second kappa shape index (κ2) is 3.42. The lowest BCUT2D eigenvalue weighted by atomic mass is 10.2. The summed E-state index contributed by atoms with van der Waals surface area (Å²) in [5, 5.41) is 0. The van der Waals surface area contributed by atoms with E-state index in [-0.39, 0.29) is 0 Å². The van der Waals surface area contributed by atoms with Crippen LogP contribution in [0.3, 0.4) is 0 Å². The Hall–Kier alpha value is -0.980. The molecule has 0 aliphatic carbocycles. The van der Waals surface area contributed by atoms with Gasteiger partial charge in [0.1, 0.15) is 5.76 Å². The van der Waals surface area contributed by atoms with Gasteiger partial charge in [0.15, 0.2) is 0 Å². The molecular weight excluding hydrogens is 136 g/mol. The minimum absolute atomic E-state index is 0.913. The molecule has 1 nitrogen and oxygen atoms in total. The van der Waals surface area contributed by atoms with Gasteiger partial charge < -0.3 is 4.42 Å². The van der Waals surface area contributed by atoms with E-state index >= 15 is 0 Å². The zero-order valence-electron chi connectivity index (χ0n) is 7.35. The highest BCUT2D eigenvalue weighted by atomic mass is 16.3. The summed E-state index contributed by atoms with van der Waals surface area (Å²) in [5.74, 6) is 1.05. The first-order valence-electron chi connectivity index (χ1n) is 3.86. The Labute approximate surface area is 67.7 Å². The topological polar surface area (TPSA) is 13.1 Å². The van der Waals surface area contributed by atoms with Gasteiger partial charge in [-0.25, -0.2) is 0 Å². The zero-order chi connectivity index (χ0) is 8.27. The molecule has 11 heavy (non-hydrogen) atoms. The fourth-order valence-electron chi connectivity index (χ4n) is 0.902. The van der Waals surface area contributed by atoms with Crippen molar-refractivity contribution in [2.45, 2.75) is 27.2 Å². The highest BCUT2D eigenvalue weighted by molar-refractivity contribution is 5.13. The summed E-state index contributed by atoms with van der Waals surface area (Å²) in [7, 11) is 0. The van der Waals surface area contributed by atoms with Crippen molar-refractivity contribution in [2.24, 2.45) is 0 Å². The predicted octanol–water partition coefficient (Wildman–Crippen LogP) is 3.10. The Kier molecular flexibility index (Phi) is 2.53. The molecule has 1 heteroatoms. The van der Waals surface area contributed by atoms with Gasteiger partial charge in [0.05, 0.1) is 6.26 Å². The molecule has 1 heterocycles. The van der Waals surface area contributed by atoms with E-state index in [0.29, 0.717) is 0 Å². The van der Waals surface area contributed by atoms with Crippen molar-refractivity contribution < 1.29 is 4.42 Å². The molecule has 0 bridgehead atoms. The van der Waals surface area contributed by atoms with Crippen molar-refractivity contribution in [3.05, 3.63) is 35.3 Å². The van der Waals surface area contributed by atoms with Crippen LogP contribution in [0.4, 0.5) is 0 Å². The van der Waals surface area contributed by atoms with Crippen LogP contribution in [0.2, 0.25) is 0 Å².